The molecule has 2 rings (SSSR count). The highest BCUT2D eigenvalue weighted by molar-refractivity contribution is 5.24. The van der Waals surface area contributed by atoms with E-state index in [1.807, 2.05) is 6.07 Å². The van der Waals surface area contributed by atoms with Gasteiger partial charge in [0.2, 0.25) is 0 Å². The third kappa shape index (κ3) is 4.98. The molecule has 21 heavy (non-hydrogen) atoms. The van der Waals surface area contributed by atoms with Crippen LogP contribution in [-0.4, -0.2) is 0 Å². The van der Waals surface area contributed by atoms with Crippen molar-refractivity contribution >= 4 is 0 Å². The maximum absolute atomic E-state index is 14.1. The van der Waals surface area contributed by atoms with Gasteiger partial charge < -0.3 is 0 Å². The summed E-state index contributed by atoms with van der Waals surface area (Å²) in [6.45, 7) is 4.39. The third-order valence-electron chi connectivity index (χ3n) is 4.66. The summed E-state index contributed by atoms with van der Waals surface area (Å²) in [6, 6.07) is 5.81. The predicted octanol–water partition coefficient (Wildman–Crippen LogP) is 6.09. The van der Waals surface area contributed by atoms with E-state index in [2.05, 4.69) is 32.1 Å². The van der Waals surface area contributed by atoms with Crippen molar-refractivity contribution in [2.75, 3.05) is 0 Å². The molecule has 1 heteroatoms. The van der Waals surface area contributed by atoms with E-state index < -0.39 is 0 Å². The minimum Gasteiger partial charge on any atom is -0.207 e. The number of hydrogen-bond donors (Lipinski definition) is 0. The fourth-order valence-corrected chi connectivity index (χ4v) is 3.37. The van der Waals surface area contributed by atoms with Crippen molar-refractivity contribution in [2.45, 2.75) is 65.2 Å². The largest absolute Gasteiger partial charge is 0.207 e. The van der Waals surface area contributed by atoms with Crippen molar-refractivity contribution in [3.8, 4) is 0 Å². The quantitative estimate of drug-likeness (QED) is 0.532. The van der Waals surface area contributed by atoms with Crippen LogP contribution in [0, 0.1) is 17.7 Å². The van der Waals surface area contributed by atoms with E-state index in [0.29, 0.717) is 5.92 Å². The Kier molecular flexibility index (Phi) is 6.48. The fraction of sp³-hybridized carbons (Fsp3) is 0.600. The van der Waals surface area contributed by atoms with Gasteiger partial charge in [0.05, 0.1) is 0 Å². The second-order valence-corrected chi connectivity index (χ2v) is 6.49. The molecule has 0 heterocycles. The molecule has 0 saturated heterocycles. The zero-order valence-corrected chi connectivity index (χ0v) is 13.6. The first kappa shape index (κ1) is 16.3. The Hall–Kier alpha value is -1.11. The van der Waals surface area contributed by atoms with E-state index in [9.17, 15) is 4.39 Å². The van der Waals surface area contributed by atoms with E-state index >= 15 is 0 Å². The van der Waals surface area contributed by atoms with Crippen LogP contribution in [0.2, 0.25) is 0 Å². The number of rotatable bonds is 7. The van der Waals surface area contributed by atoms with Gasteiger partial charge in [0.1, 0.15) is 5.82 Å². The zero-order valence-electron chi connectivity index (χ0n) is 13.6. The molecular weight excluding hydrogens is 259 g/mol. The van der Waals surface area contributed by atoms with E-state index in [0.717, 1.165) is 42.7 Å². The van der Waals surface area contributed by atoms with Crippen molar-refractivity contribution in [2.24, 2.45) is 11.8 Å². The number of aryl methyl sites for hydroxylation is 2. The maximum Gasteiger partial charge on any atom is 0.126 e. The van der Waals surface area contributed by atoms with Gasteiger partial charge in [-0.05, 0) is 67.6 Å². The zero-order chi connectivity index (χ0) is 15.1. The summed E-state index contributed by atoms with van der Waals surface area (Å²) in [4.78, 5) is 0. The van der Waals surface area contributed by atoms with Crippen LogP contribution in [-0.2, 0) is 12.8 Å². The van der Waals surface area contributed by atoms with Gasteiger partial charge in [-0.1, -0.05) is 51.0 Å². The van der Waals surface area contributed by atoms with Crippen LogP contribution in [0.4, 0.5) is 4.39 Å². The third-order valence-corrected chi connectivity index (χ3v) is 4.66. The van der Waals surface area contributed by atoms with E-state index in [1.165, 1.54) is 25.7 Å². The van der Waals surface area contributed by atoms with Crippen molar-refractivity contribution in [3.63, 3.8) is 0 Å². The summed E-state index contributed by atoms with van der Waals surface area (Å²) < 4.78 is 14.1. The summed E-state index contributed by atoms with van der Waals surface area (Å²) in [5.41, 5.74) is 2.01. The van der Waals surface area contributed by atoms with Crippen LogP contribution < -0.4 is 0 Å². The Morgan fingerprint density at radius 3 is 2.24 bits per heavy atom. The Bertz CT molecular complexity index is 461. The van der Waals surface area contributed by atoms with Gasteiger partial charge in [0.15, 0.2) is 0 Å². The summed E-state index contributed by atoms with van der Waals surface area (Å²) in [7, 11) is 0. The molecule has 0 aliphatic heterocycles. The number of allylic oxidation sites excluding steroid dienone is 2. The number of hydrogen-bond acceptors (Lipinski definition) is 0. The van der Waals surface area contributed by atoms with Gasteiger partial charge in [-0.15, -0.1) is 0 Å². The molecule has 2 unspecified atom stereocenters. The normalized spacial score (nSPS) is 21.7. The monoisotopic (exact) mass is 288 g/mol. The maximum atomic E-state index is 14.1. The molecule has 1 aliphatic carbocycles. The van der Waals surface area contributed by atoms with Crippen molar-refractivity contribution < 1.29 is 4.39 Å². The molecule has 2 atom stereocenters. The molecule has 0 fully saturated rings. The Balaban J connectivity index is 1.85. The van der Waals surface area contributed by atoms with Gasteiger partial charge in [-0.2, -0.15) is 0 Å². The molecule has 1 aliphatic rings. The predicted molar refractivity (Wildman–Crippen MR) is 89.0 cm³/mol. The lowest BCUT2D eigenvalue weighted by Crippen LogP contribution is -2.09. The molecule has 0 nitrogen and oxygen atoms in total. The summed E-state index contributed by atoms with van der Waals surface area (Å²) in [5.74, 6) is 1.42. The Morgan fingerprint density at radius 2 is 1.67 bits per heavy atom. The van der Waals surface area contributed by atoms with Gasteiger partial charge >= 0.3 is 0 Å². The Morgan fingerprint density at radius 1 is 0.952 bits per heavy atom. The van der Waals surface area contributed by atoms with Gasteiger partial charge in [0, 0.05) is 0 Å². The lowest BCUT2D eigenvalue weighted by molar-refractivity contribution is 0.416. The molecule has 0 bridgehead atoms. The average Bonchev–Trinajstić information content (AvgIpc) is 2.49. The van der Waals surface area contributed by atoms with Gasteiger partial charge in [0.25, 0.3) is 0 Å². The molecule has 1 aromatic carbocycles. The standard InChI is InChI=1S/C20H29F/c1-3-5-16-7-9-17(10-8-16)11-13-19-14-12-18(6-4-2)15-20(19)21/h7,9,12,14-17H,3-6,8,10-11,13H2,1-2H3. The summed E-state index contributed by atoms with van der Waals surface area (Å²) in [6.07, 6.45) is 14.0. The molecule has 0 amide bonds. The van der Waals surface area contributed by atoms with Crippen LogP contribution in [0.5, 0.6) is 0 Å². The van der Waals surface area contributed by atoms with Crippen molar-refractivity contribution in [1.82, 2.24) is 0 Å². The highest BCUT2D eigenvalue weighted by Crippen LogP contribution is 2.28. The minimum absolute atomic E-state index is 0.00963. The van der Waals surface area contributed by atoms with Crippen LogP contribution in [0.15, 0.2) is 30.4 Å². The average molecular weight is 288 g/mol. The molecular formula is C20H29F. The Labute approximate surface area is 129 Å². The van der Waals surface area contributed by atoms with Crippen molar-refractivity contribution in [1.29, 1.82) is 0 Å². The van der Waals surface area contributed by atoms with Gasteiger partial charge in [-0.3, -0.25) is 0 Å². The highest BCUT2D eigenvalue weighted by atomic mass is 19.1. The minimum atomic E-state index is -0.00963. The van der Waals surface area contributed by atoms with Gasteiger partial charge in [-0.25, -0.2) is 4.39 Å². The summed E-state index contributed by atoms with van der Waals surface area (Å²) in [5, 5.41) is 0. The van der Waals surface area contributed by atoms with Crippen LogP contribution in [0.1, 0.15) is 63.5 Å². The number of benzene rings is 1. The van der Waals surface area contributed by atoms with E-state index in [-0.39, 0.29) is 5.82 Å². The molecule has 116 valence electrons. The van der Waals surface area contributed by atoms with Crippen LogP contribution in [0.3, 0.4) is 0 Å². The summed E-state index contributed by atoms with van der Waals surface area (Å²) >= 11 is 0. The molecule has 1 aromatic rings. The lowest BCUT2D eigenvalue weighted by Gasteiger charge is -2.22. The van der Waals surface area contributed by atoms with Crippen LogP contribution >= 0.6 is 0 Å². The molecule has 0 radical (unpaired) electrons. The van der Waals surface area contributed by atoms with Crippen molar-refractivity contribution in [3.05, 3.63) is 47.3 Å². The second kappa shape index (κ2) is 8.36. The first-order valence-corrected chi connectivity index (χ1v) is 8.68. The second-order valence-electron chi connectivity index (χ2n) is 6.49. The first-order chi connectivity index (χ1) is 10.2. The fourth-order valence-electron chi connectivity index (χ4n) is 3.37. The molecule has 0 N–H and O–H groups in total. The topological polar surface area (TPSA) is 0 Å². The smallest absolute Gasteiger partial charge is 0.126 e. The lowest BCUT2D eigenvalue weighted by atomic mass is 9.83. The van der Waals surface area contributed by atoms with Crippen LogP contribution in [0.25, 0.3) is 0 Å². The molecule has 0 saturated carbocycles. The first-order valence-electron chi connectivity index (χ1n) is 8.68. The molecule has 0 aromatic heterocycles. The van der Waals surface area contributed by atoms with E-state index in [4.69, 9.17) is 0 Å². The number of halogens is 1. The SMILES string of the molecule is CCCc1ccc(CCC2C=CC(CCC)CC2)c(F)c1. The van der Waals surface area contributed by atoms with E-state index in [1.54, 1.807) is 6.07 Å². The highest BCUT2D eigenvalue weighted by Gasteiger charge is 2.15. The molecule has 0 spiro atoms.